The zero-order valence-electron chi connectivity index (χ0n) is 15.2. The third-order valence-electron chi connectivity index (χ3n) is 5.06. The van der Waals surface area contributed by atoms with Crippen molar-refractivity contribution in [3.63, 3.8) is 0 Å². The van der Waals surface area contributed by atoms with Gasteiger partial charge in [0.25, 0.3) is 0 Å². The number of halogens is 1. The maximum absolute atomic E-state index is 12.9. The van der Waals surface area contributed by atoms with Gasteiger partial charge in [-0.2, -0.15) is 0 Å². The second-order valence-corrected chi connectivity index (χ2v) is 6.84. The Morgan fingerprint density at radius 1 is 1.07 bits per heavy atom. The van der Waals surface area contributed by atoms with Gasteiger partial charge in [-0.15, -0.1) is 0 Å². The zero-order chi connectivity index (χ0) is 19.1. The van der Waals surface area contributed by atoms with Crippen LogP contribution in [0.25, 0.3) is 0 Å². The first-order chi connectivity index (χ1) is 13.1. The molecule has 0 unspecified atom stereocenters. The molecule has 0 radical (unpaired) electrons. The summed E-state index contributed by atoms with van der Waals surface area (Å²) < 4.78 is 18.4. The molecule has 1 fully saturated rings. The van der Waals surface area contributed by atoms with Crippen LogP contribution in [-0.4, -0.2) is 30.9 Å². The molecule has 1 saturated heterocycles. The van der Waals surface area contributed by atoms with Gasteiger partial charge in [0.05, 0.1) is 6.54 Å². The number of aliphatic hydroxyl groups is 1. The third kappa shape index (κ3) is 5.05. The average Bonchev–Trinajstić information content (AvgIpc) is 2.73. The van der Waals surface area contributed by atoms with E-state index < -0.39 is 5.60 Å². The van der Waals surface area contributed by atoms with Crippen molar-refractivity contribution in [1.29, 1.82) is 0 Å². The molecule has 0 aliphatic carbocycles. The lowest BCUT2D eigenvalue weighted by Crippen LogP contribution is -2.49. The number of carbonyl (C=O) groups is 1. The molecule has 1 aliphatic heterocycles. The van der Waals surface area contributed by atoms with Crippen molar-refractivity contribution < 1.29 is 19.0 Å². The lowest BCUT2D eigenvalue weighted by atomic mass is 9.77. The van der Waals surface area contributed by atoms with E-state index in [9.17, 15) is 14.3 Å². The number of amides is 2. The highest BCUT2D eigenvalue weighted by Crippen LogP contribution is 2.35. The molecule has 1 atom stereocenters. The summed E-state index contributed by atoms with van der Waals surface area (Å²) in [6.07, 6.45) is 1.48. The summed E-state index contributed by atoms with van der Waals surface area (Å²) in [4.78, 5) is 12.2. The Morgan fingerprint density at radius 3 is 2.41 bits per heavy atom. The molecule has 27 heavy (non-hydrogen) atoms. The minimum Gasteiger partial charge on any atom is -0.383 e. The lowest BCUT2D eigenvalue weighted by molar-refractivity contribution is -0.0676. The monoisotopic (exact) mass is 372 g/mol. The summed E-state index contributed by atoms with van der Waals surface area (Å²) in [6.45, 7) is 1.61. The van der Waals surface area contributed by atoms with Gasteiger partial charge < -0.3 is 20.5 Å². The van der Waals surface area contributed by atoms with Gasteiger partial charge in [0.2, 0.25) is 0 Å². The first-order valence-corrected chi connectivity index (χ1v) is 9.20. The highest BCUT2D eigenvalue weighted by molar-refractivity contribution is 5.74. The van der Waals surface area contributed by atoms with Crippen molar-refractivity contribution in [3.05, 3.63) is 71.5 Å². The van der Waals surface area contributed by atoms with E-state index >= 15 is 0 Å². The molecule has 0 bridgehead atoms. The maximum atomic E-state index is 12.9. The molecule has 1 aliphatic rings. The number of hydrogen-bond donors (Lipinski definition) is 3. The minimum absolute atomic E-state index is 0.00560. The van der Waals surface area contributed by atoms with Crippen LogP contribution in [-0.2, 0) is 16.9 Å². The summed E-state index contributed by atoms with van der Waals surface area (Å²) in [7, 11) is 0. The Labute approximate surface area is 158 Å². The molecule has 144 valence electrons. The predicted molar refractivity (Wildman–Crippen MR) is 101 cm³/mol. The van der Waals surface area contributed by atoms with Gasteiger partial charge in [-0.3, -0.25) is 0 Å². The number of ether oxygens (including phenoxy) is 1. The Morgan fingerprint density at radius 2 is 1.74 bits per heavy atom. The van der Waals surface area contributed by atoms with Crippen LogP contribution in [0.15, 0.2) is 54.6 Å². The zero-order valence-corrected chi connectivity index (χ0v) is 15.2. The van der Waals surface area contributed by atoms with E-state index in [1.807, 2.05) is 30.3 Å². The highest BCUT2D eigenvalue weighted by atomic mass is 19.1. The minimum atomic E-state index is -1.15. The van der Waals surface area contributed by atoms with Gasteiger partial charge in [0, 0.05) is 19.8 Å². The molecule has 0 aromatic heterocycles. The van der Waals surface area contributed by atoms with Crippen LogP contribution in [0, 0.1) is 11.7 Å². The quantitative estimate of drug-likeness (QED) is 0.730. The fourth-order valence-corrected chi connectivity index (χ4v) is 3.45. The van der Waals surface area contributed by atoms with Gasteiger partial charge in [0.15, 0.2) is 0 Å². The van der Waals surface area contributed by atoms with E-state index in [2.05, 4.69) is 10.6 Å². The number of rotatable bonds is 6. The number of hydrogen-bond acceptors (Lipinski definition) is 3. The number of urea groups is 1. The van der Waals surface area contributed by atoms with E-state index in [1.54, 1.807) is 12.1 Å². The summed E-state index contributed by atoms with van der Waals surface area (Å²) in [5.74, 6) is -0.307. The summed E-state index contributed by atoms with van der Waals surface area (Å²) >= 11 is 0. The van der Waals surface area contributed by atoms with Gasteiger partial charge in [-0.05, 0) is 42.0 Å². The fourth-order valence-electron chi connectivity index (χ4n) is 3.45. The Kier molecular flexibility index (Phi) is 6.42. The van der Waals surface area contributed by atoms with Crippen molar-refractivity contribution in [2.45, 2.75) is 25.0 Å². The number of carbonyl (C=O) groups excluding carboxylic acids is 1. The first kappa shape index (κ1) is 19.3. The maximum Gasteiger partial charge on any atom is 0.315 e. The fraction of sp³-hybridized carbons (Fsp3) is 0.381. The van der Waals surface area contributed by atoms with Crippen molar-refractivity contribution in [2.24, 2.45) is 5.92 Å². The normalized spacial score (nSPS) is 17.1. The van der Waals surface area contributed by atoms with Crippen LogP contribution >= 0.6 is 0 Å². The Hall–Kier alpha value is -2.44. The Bertz CT molecular complexity index is 733. The second-order valence-electron chi connectivity index (χ2n) is 6.84. The molecular weight excluding hydrogens is 347 g/mol. The van der Waals surface area contributed by atoms with Crippen molar-refractivity contribution >= 4 is 6.03 Å². The number of nitrogens with one attached hydrogen (secondary N) is 2. The largest absolute Gasteiger partial charge is 0.383 e. The van der Waals surface area contributed by atoms with Crippen LogP contribution in [0.5, 0.6) is 0 Å². The van der Waals surface area contributed by atoms with E-state index in [4.69, 9.17) is 4.74 Å². The molecule has 6 heteroatoms. The van der Waals surface area contributed by atoms with E-state index in [0.29, 0.717) is 13.2 Å². The average molecular weight is 372 g/mol. The van der Waals surface area contributed by atoms with E-state index in [0.717, 1.165) is 24.0 Å². The molecule has 2 aromatic rings. The first-order valence-electron chi connectivity index (χ1n) is 9.20. The lowest BCUT2D eigenvalue weighted by Gasteiger charge is -2.39. The molecule has 0 spiro atoms. The van der Waals surface area contributed by atoms with Gasteiger partial charge in [0.1, 0.15) is 11.4 Å². The summed E-state index contributed by atoms with van der Waals surface area (Å²) in [5, 5.41) is 17.0. The van der Waals surface area contributed by atoms with Gasteiger partial charge in [-0.25, -0.2) is 9.18 Å². The van der Waals surface area contributed by atoms with E-state index in [1.165, 1.54) is 12.1 Å². The smallest absolute Gasteiger partial charge is 0.315 e. The predicted octanol–water partition coefficient (Wildman–Crippen LogP) is 2.94. The SMILES string of the molecule is O=C(NCc1ccc(F)cc1)NC[C@](O)(c1ccccc1)C1CCOCC1. The second kappa shape index (κ2) is 8.97. The van der Waals surface area contributed by atoms with Crippen LogP contribution in [0.2, 0.25) is 0 Å². The molecule has 3 N–H and O–H groups in total. The highest BCUT2D eigenvalue weighted by Gasteiger charge is 2.39. The van der Waals surface area contributed by atoms with Crippen molar-refractivity contribution in [1.82, 2.24) is 10.6 Å². The molecule has 3 rings (SSSR count). The van der Waals surface area contributed by atoms with Crippen LogP contribution in [0.3, 0.4) is 0 Å². The molecular formula is C21H25FN2O3. The van der Waals surface area contributed by atoms with Gasteiger partial charge >= 0.3 is 6.03 Å². The molecule has 1 heterocycles. The summed E-state index contributed by atoms with van der Waals surface area (Å²) in [6, 6.07) is 15.0. The molecule has 2 aromatic carbocycles. The summed E-state index contributed by atoms with van der Waals surface area (Å²) in [5.41, 5.74) is 0.433. The molecule has 2 amide bonds. The number of benzene rings is 2. The van der Waals surface area contributed by atoms with Crippen LogP contribution < -0.4 is 10.6 Å². The van der Waals surface area contributed by atoms with Gasteiger partial charge in [-0.1, -0.05) is 42.5 Å². The third-order valence-corrected chi connectivity index (χ3v) is 5.06. The Balaban J connectivity index is 1.62. The van der Waals surface area contributed by atoms with Crippen LogP contribution in [0.1, 0.15) is 24.0 Å². The van der Waals surface area contributed by atoms with Crippen molar-refractivity contribution in [2.75, 3.05) is 19.8 Å². The van der Waals surface area contributed by atoms with Crippen molar-refractivity contribution in [3.8, 4) is 0 Å². The molecule has 5 nitrogen and oxygen atoms in total. The standard InChI is InChI=1S/C21H25FN2O3/c22-19-8-6-16(7-9-19)14-23-20(25)24-15-21(26,17-4-2-1-3-5-17)18-10-12-27-13-11-18/h1-9,18,26H,10-15H2,(H2,23,24,25)/t21-/m0/s1. The molecule has 0 saturated carbocycles. The van der Waals surface area contributed by atoms with Crippen LogP contribution in [0.4, 0.5) is 9.18 Å². The van der Waals surface area contributed by atoms with E-state index in [-0.39, 0.29) is 30.9 Å². The topological polar surface area (TPSA) is 70.6 Å².